The first kappa shape index (κ1) is 18.6. The van der Waals surface area contributed by atoms with E-state index in [2.05, 4.69) is 15.6 Å². The average molecular weight is 380 g/mol. The predicted octanol–water partition coefficient (Wildman–Crippen LogP) is 3.47. The van der Waals surface area contributed by atoms with Gasteiger partial charge in [0.2, 0.25) is 5.91 Å². The number of aryl methyl sites for hydroxylation is 1. The monoisotopic (exact) mass is 380 g/mol. The predicted molar refractivity (Wildman–Crippen MR) is 107 cm³/mol. The van der Waals surface area contributed by atoms with E-state index in [0.29, 0.717) is 18.7 Å². The second-order valence-electron chi connectivity index (χ2n) is 6.09. The number of amides is 3. The van der Waals surface area contributed by atoms with Crippen LogP contribution >= 0.6 is 11.3 Å². The van der Waals surface area contributed by atoms with Gasteiger partial charge < -0.3 is 16.4 Å². The van der Waals surface area contributed by atoms with E-state index >= 15 is 0 Å². The van der Waals surface area contributed by atoms with Crippen molar-refractivity contribution in [1.29, 1.82) is 0 Å². The quantitative estimate of drug-likeness (QED) is 0.611. The molecule has 2 aromatic carbocycles. The van der Waals surface area contributed by atoms with Gasteiger partial charge in [-0.25, -0.2) is 9.78 Å². The molecule has 3 amide bonds. The second-order valence-corrected chi connectivity index (χ2v) is 7.15. The number of nitrogens with two attached hydrogens (primary N) is 1. The van der Waals surface area contributed by atoms with Crippen LogP contribution in [0.15, 0.2) is 53.9 Å². The highest BCUT2D eigenvalue weighted by molar-refractivity contribution is 7.09. The summed E-state index contributed by atoms with van der Waals surface area (Å²) in [6, 6.07) is 14.4. The van der Waals surface area contributed by atoms with Gasteiger partial charge in [0, 0.05) is 23.2 Å². The Balaban J connectivity index is 1.51. The molecule has 27 heavy (non-hydrogen) atoms. The summed E-state index contributed by atoms with van der Waals surface area (Å²) in [4.78, 5) is 27.4. The lowest BCUT2D eigenvalue weighted by atomic mass is 10.1. The molecule has 138 valence electrons. The van der Waals surface area contributed by atoms with Crippen LogP contribution in [0.25, 0.3) is 11.3 Å². The summed E-state index contributed by atoms with van der Waals surface area (Å²) in [6.45, 7) is 2.40. The van der Waals surface area contributed by atoms with E-state index in [1.54, 1.807) is 23.5 Å². The van der Waals surface area contributed by atoms with E-state index in [1.165, 1.54) is 0 Å². The fourth-order valence-electron chi connectivity index (χ4n) is 2.59. The van der Waals surface area contributed by atoms with Crippen LogP contribution in [0.1, 0.15) is 16.1 Å². The summed E-state index contributed by atoms with van der Waals surface area (Å²) in [5.41, 5.74) is 9.58. The molecule has 3 rings (SSSR count). The molecular formula is C20H20N4O2S. The molecule has 7 heteroatoms. The van der Waals surface area contributed by atoms with Crippen molar-refractivity contribution in [2.24, 2.45) is 5.73 Å². The maximum atomic E-state index is 12.2. The number of nitrogens with zero attached hydrogens (tertiary/aromatic N) is 1. The van der Waals surface area contributed by atoms with Gasteiger partial charge in [-0.3, -0.25) is 4.79 Å². The average Bonchev–Trinajstić information content (AvgIpc) is 3.08. The highest BCUT2D eigenvalue weighted by Crippen LogP contribution is 2.21. The molecule has 1 aromatic heterocycles. The van der Waals surface area contributed by atoms with Crippen molar-refractivity contribution in [3.63, 3.8) is 0 Å². The number of anilines is 1. The number of rotatable bonds is 6. The first-order chi connectivity index (χ1) is 13.0. The van der Waals surface area contributed by atoms with Gasteiger partial charge in [-0.2, -0.15) is 0 Å². The molecule has 6 nitrogen and oxygen atoms in total. The number of hydrogen-bond donors (Lipinski definition) is 3. The topological polar surface area (TPSA) is 97.1 Å². The van der Waals surface area contributed by atoms with Crippen LogP contribution < -0.4 is 16.4 Å². The zero-order chi connectivity index (χ0) is 19.2. The molecule has 0 spiro atoms. The summed E-state index contributed by atoms with van der Waals surface area (Å²) in [5.74, 6) is -0.0495. The Bertz CT molecular complexity index is 933. The van der Waals surface area contributed by atoms with Gasteiger partial charge >= 0.3 is 6.03 Å². The summed E-state index contributed by atoms with van der Waals surface area (Å²) < 4.78 is 0. The van der Waals surface area contributed by atoms with Crippen LogP contribution in [-0.4, -0.2) is 16.9 Å². The largest absolute Gasteiger partial charge is 0.352 e. The van der Waals surface area contributed by atoms with Crippen LogP contribution in [0, 0.1) is 6.92 Å². The Morgan fingerprint density at radius 2 is 1.70 bits per heavy atom. The van der Waals surface area contributed by atoms with E-state index in [4.69, 9.17) is 5.73 Å². The van der Waals surface area contributed by atoms with Crippen LogP contribution in [-0.2, 0) is 17.8 Å². The zero-order valence-corrected chi connectivity index (χ0v) is 15.7. The van der Waals surface area contributed by atoms with Gasteiger partial charge in [0.15, 0.2) is 0 Å². The minimum atomic E-state index is -0.605. The van der Waals surface area contributed by atoms with Crippen molar-refractivity contribution < 1.29 is 9.59 Å². The highest BCUT2D eigenvalue weighted by Gasteiger charge is 2.06. The Labute approximate surface area is 161 Å². The number of carbonyl (C=O) groups is 2. The maximum absolute atomic E-state index is 12.2. The number of urea groups is 1. The fraction of sp³-hybridized carbons (Fsp3) is 0.150. The van der Waals surface area contributed by atoms with Crippen molar-refractivity contribution in [2.45, 2.75) is 19.9 Å². The minimum Gasteiger partial charge on any atom is -0.352 e. The van der Waals surface area contributed by atoms with Gasteiger partial charge in [-0.15, -0.1) is 11.3 Å². The SMILES string of the molecule is Cc1nc(-c2ccc(CC(=O)NCc3ccc(NC(N)=O)cc3)cc2)cs1. The van der Waals surface area contributed by atoms with Crippen molar-refractivity contribution in [2.75, 3.05) is 5.32 Å². The second kappa shape index (κ2) is 8.46. The number of hydrogen-bond acceptors (Lipinski definition) is 4. The molecule has 1 heterocycles. The molecule has 0 saturated heterocycles. The third kappa shape index (κ3) is 5.39. The molecule has 0 radical (unpaired) electrons. The number of benzene rings is 2. The Kier molecular flexibility index (Phi) is 5.83. The fourth-order valence-corrected chi connectivity index (χ4v) is 3.21. The van der Waals surface area contributed by atoms with Crippen LogP contribution in [0.4, 0.5) is 10.5 Å². The Morgan fingerprint density at radius 1 is 1.04 bits per heavy atom. The third-order valence-corrected chi connectivity index (χ3v) is 4.72. The number of thiazole rings is 1. The summed E-state index contributed by atoms with van der Waals surface area (Å²) in [6.07, 6.45) is 0.317. The standard InChI is InChI=1S/C20H20N4O2S/c1-13-23-18(12-27-13)16-6-2-14(3-7-16)10-19(25)22-11-15-4-8-17(9-5-15)24-20(21)26/h2-9,12H,10-11H2,1H3,(H,22,25)(H3,21,24,26). The smallest absolute Gasteiger partial charge is 0.316 e. The van der Waals surface area contributed by atoms with Crippen molar-refractivity contribution in [3.8, 4) is 11.3 Å². The number of nitrogens with one attached hydrogen (secondary N) is 2. The summed E-state index contributed by atoms with van der Waals surface area (Å²) in [7, 11) is 0. The van der Waals surface area contributed by atoms with Gasteiger partial charge in [-0.1, -0.05) is 36.4 Å². The van der Waals surface area contributed by atoms with Crippen LogP contribution in [0.2, 0.25) is 0 Å². The van der Waals surface area contributed by atoms with Gasteiger partial charge in [0.1, 0.15) is 0 Å². The molecule has 0 aliphatic heterocycles. The van der Waals surface area contributed by atoms with Crippen molar-refractivity contribution >= 4 is 29.0 Å². The molecule has 0 aliphatic carbocycles. The van der Waals surface area contributed by atoms with Gasteiger partial charge in [0.25, 0.3) is 0 Å². The first-order valence-electron chi connectivity index (χ1n) is 8.43. The Morgan fingerprint density at radius 3 is 2.30 bits per heavy atom. The van der Waals surface area contributed by atoms with Crippen LogP contribution in [0.3, 0.4) is 0 Å². The highest BCUT2D eigenvalue weighted by atomic mass is 32.1. The Hall–Kier alpha value is -3.19. The van der Waals surface area contributed by atoms with Crippen molar-refractivity contribution in [3.05, 3.63) is 70.0 Å². The van der Waals surface area contributed by atoms with E-state index in [9.17, 15) is 9.59 Å². The zero-order valence-electron chi connectivity index (χ0n) is 14.9. The molecule has 0 aliphatic rings. The lowest BCUT2D eigenvalue weighted by molar-refractivity contribution is -0.120. The van der Waals surface area contributed by atoms with E-state index in [0.717, 1.165) is 27.4 Å². The van der Waals surface area contributed by atoms with E-state index in [1.807, 2.05) is 48.7 Å². The van der Waals surface area contributed by atoms with E-state index < -0.39 is 6.03 Å². The van der Waals surface area contributed by atoms with Crippen molar-refractivity contribution in [1.82, 2.24) is 10.3 Å². The maximum Gasteiger partial charge on any atom is 0.316 e. The molecule has 0 fully saturated rings. The molecule has 0 saturated carbocycles. The lowest BCUT2D eigenvalue weighted by Crippen LogP contribution is -2.24. The van der Waals surface area contributed by atoms with E-state index in [-0.39, 0.29) is 5.91 Å². The third-order valence-electron chi connectivity index (χ3n) is 3.94. The number of aromatic nitrogens is 1. The molecule has 0 unspecified atom stereocenters. The van der Waals surface area contributed by atoms with Gasteiger partial charge in [-0.05, 0) is 30.2 Å². The van der Waals surface area contributed by atoms with Crippen LogP contribution in [0.5, 0.6) is 0 Å². The molecule has 0 bridgehead atoms. The summed E-state index contributed by atoms with van der Waals surface area (Å²) >= 11 is 1.62. The molecule has 0 atom stereocenters. The molecule has 4 N–H and O–H groups in total. The number of carbonyl (C=O) groups excluding carboxylic acids is 2. The first-order valence-corrected chi connectivity index (χ1v) is 9.31. The summed E-state index contributed by atoms with van der Waals surface area (Å²) in [5, 5.41) is 8.45. The lowest BCUT2D eigenvalue weighted by Gasteiger charge is -2.07. The molecule has 3 aromatic rings. The number of primary amides is 1. The normalized spacial score (nSPS) is 10.4. The van der Waals surface area contributed by atoms with Gasteiger partial charge in [0.05, 0.1) is 17.1 Å². The molecular weight excluding hydrogens is 360 g/mol. The minimum absolute atomic E-state index is 0.0495.